The van der Waals surface area contributed by atoms with Crippen molar-refractivity contribution in [2.45, 2.75) is 45.4 Å². The van der Waals surface area contributed by atoms with Crippen LogP contribution < -0.4 is 10.6 Å². The predicted octanol–water partition coefficient (Wildman–Crippen LogP) is 1.85. The Bertz CT molecular complexity index is 436. The first-order chi connectivity index (χ1) is 11.0. The van der Waals surface area contributed by atoms with E-state index in [4.69, 9.17) is 0 Å². The molecule has 0 spiro atoms. The molecule has 0 unspecified atom stereocenters. The normalized spacial score (nSPS) is 35.3. The number of amides is 1. The van der Waals surface area contributed by atoms with Crippen LogP contribution in [-0.2, 0) is 4.79 Å². The SMILES string of the molecule is CCNC(=NCC(=O)N(C)C)NCC12CC3CC(CC(C3)C1)C2. The molecule has 0 atom stereocenters. The molecule has 0 aromatic carbocycles. The summed E-state index contributed by atoms with van der Waals surface area (Å²) in [7, 11) is 3.54. The second kappa shape index (κ2) is 6.70. The van der Waals surface area contributed by atoms with Crippen molar-refractivity contribution in [2.75, 3.05) is 33.7 Å². The van der Waals surface area contributed by atoms with Crippen molar-refractivity contribution in [3.8, 4) is 0 Å². The number of carbonyl (C=O) groups is 1. The van der Waals surface area contributed by atoms with Crippen molar-refractivity contribution in [3.63, 3.8) is 0 Å². The van der Waals surface area contributed by atoms with Crippen LogP contribution in [-0.4, -0.2) is 50.5 Å². The van der Waals surface area contributed by atoms with Gasteiger partial charge in [-0.05, 0) is 68.6 Å². The van der Waals surface area contributed by atoms with Crippen LogP contribution >= 0.6 is 0 Å². The highest BCUT2D eigenvalue weighted by atomic mass is 16.2. The van der Waals surface area contributed by atoms with E-state index in [9.17, 15) is 4.79 Å². The summed E-state index contributed by atoms with van der Waals surface area (Å²) in [4.78, 5) is 17.8. The van der Waals surface area contributed by atoms with Crippen molar-refractivity contribution < 1.29 is 4.79 Å². The average molecular weight is 320 g/mol. The Kier molecular flexibility index (Phi) is 4.83. The summed E-state index contributed by atoms with van der Waals surface area (Å²) in [6.45, 7) is 4.11. The Balaban J connectivity index is 1.58. The third kappa shape index (κ3) is 3.81. The molecule has 2 N–H and O–H groups in total. The summed E-state index contributed by atoms with van der Waals surface area (Å²) in [5.41, 5.74) is 0.483. The number of guanidine groups is 1. The zero-order valence-corrected chi connectivity index (χ0v) is 14.9. The van der Waals surface area contributed by atoms with E-state index in [-0.39, 0.29) is 12.5 Å². The first kappa shape index (κ1) is 16.6. The number of hydrogen-bond donors (Lipinski definition) is 2. The van der Waals surface area contributed by atoms with Gasteiger partial charge in [0, 0.05) is 27.2 Å². The zero-order valence-electron chi connectivity index (χ0n) is 14.9. The minimum atomic E-state index is 0.0389. The Hall–Kier alpha value is -1.26. The number of carbonyl (C=O) groups excluding carboxylic acids is 1. The fourth-order valence-electron chi connectivity index (χ4n) is 5.41. The third-order valence-corrected chi connectivity index (χ3v) is 6.01. The van der Waals surface area contributed by atoms with Gasteiger partial charge in [-0.3, -0.25) is 4.79 Å². The molecule has 4 aliphatic carbocycles. The van der Waals surface area contributed by atoms with Crippen LogP contribution in [0.5, 0.6) is 0 Å². The Labute approximate surface area is 140 Å². The molecule has 0 saturated heterocycles. The summed E-state index contributed by atoms with van der Waals surface area (Å²) in [5, 5.41) is 6.82. The van der Waals surface area contributed by atoms with Crippen LogP contribution in [0.2, 0.25) is 0 Å². The minimum absolute atomic E-state index is 0.0389. The molecule has 0 aromatic rings. The molecule has 0 aliphatic heterocycles. The van der Waals surface area contributed by atoms with E-state index in [2.05, 4.69) is 22.5 Å². The van der Waals surface area contributed by atoms with E-state index in [1.807, 2.05) is 0 Å². The largest absolute Gasteiger partial charge is 0.357 e. The van der Waals surface area contributed by atoms with Gasteiger partial charge in [0.1, 0.15) is 6.54 Å². The molecule has 0 radical (unpaired) electrons. The van der Waals surface area contributed by atoms with Gasteiger partial charge < -0.3 is 15.5 Å². The summed E-state index contributed by atoms with van der Waals surface area (Å²) >= 11 is 0. The summed E-state index contributed by atoms with van der Waals surface area (Å²) < 4.78 is 0. The highest BCUT2D eigenvalue weighted by molar-refractivity contribution is 5.84. The maximum Gasteiger partial charge on any atom is 0.243 e. The van der Waals surface area contributed by atoms with Gasteiger partial charge in [0.05, 0.1) is 0 Å². The maximum absolute atomic E-state index is 11.7. The van der Waals surface area contributed by atoms with Crippen LogP contribution in [0, 0.1) is 23.2 Å². The molecule has 4 aliphatic rings. The molecule has 5 heteroatoms. The molecule has 23 heavy (non-hydrogen) atoms. The van der Waals surface area contributed by atoms with Gasteiger partial charge >= 0.3 is 0 Å². The van der Waals surface area contributed by atoms with Crippen LogP contribution in [0.15, 0.2) is 4.99 Å². The van der Waals surface area contributed by atoms with Crippen LogP contribution in [0.1, 0.15) is 45.4 Å². The van der Waals surface area contributed by atoms with Gasteiger partial charge in [0.2, 0.25) is 5.91 Å². The van der Waals surface area contributed by atoms with E-state index < -0.39 is 0 Å². The molecule has 0 heterocycles. The van der Waals surface area contributed by atoms with Gasteiger partial charge in [-0.15, -0.1) is 0 Å². The summed E-state index contributed by atoms with van der Waals surface area (Å²) in [6.07, 6.45) is 8.60. The van der Waals surface area contributed by atoms with E-state index in [0.29, 0.717) is 5.41 Å². The number of nitrogens with one attached hydrogen (secondary N) is 2. The first-order valence-corrected chi connectivity index (χ1v) is 9.22. The van der Waals surface area contributed by atoms with E-state index >= 15 is 0 Å². The Morgan fingerprint density at radius 1 is 1.09 bits per heavy atom. The van der Waals surface area contributed by atoms with Crippen LogP contribution in [0.3, 0.4) is 0 Å². The lowest BCUT2D eigenvalue weighted by Crippen LogP contribution is -2.52. The van der Waals surface area contributed by atoms with Crippen molar-refractivity contribution in [2.24, 2.45) is 28.2 Å². The van der Waals surface area contributed by atoms with Gasteiger partial charge in [-0.2, -0.15) is 0 Å². The topological polar surface area (TPSA) is 56.7 Å². The van der Waals surface area contributed by atoms with Crippen LogP contribution in [0.4, 0.5) is 0 Å². The molecule has 4 bridgehead atoms. The average Bonchev–Trinajstić information content (AvgIpc) is 2.48. The van der Waals surface area contributed by atoms with Gasteiger partial charge in [-0.25, -0.2) is 4.99 Å². The number of aliphatic imine (C=N–C) groups is 1. The molecule has 4 rings (SSSR count). The fourth-order valence-corrected chi connectivity index (χ4v) is 5.41. The molecular formula is C18H32N4O. The predicted molar refractivity (Wildman–Crippen MR) is 93.3 cm³/mol. The van der Waals surface area contributed by atoms with E-state index in [1.165, 1.54) is 38.5 Å². The van der Waals surface area contributed by atoms with Gasteiger partial charge in [0.15, 0.2) is 5.96 Å². The molecule has 130 valence electrons. The molecule has 4 fully saturated rings. The maximum atomic E-state index is 11.7. The molecular weight excluding hydrogens is 288 g/mol. The van der Waals surface area contributed by atoms with Crippen molar-refractivity contribution >= 4 is 11.9 Å². The standard InChI is InChI=1S/C18H32N4O/c1-4-19-17(20-11-16(23)22(2)3)21-12-18-8-13-5-14(9-18)7-15(6-13)10-18/h13-15H,4-12H2,1-3H3,(H2,19,20,21). The molecule has 4 saturated carbocycles. The Morgan fingerprint density at radius 2 is 1.65 bits per heavy atom. The lowest BCUT2D eigenvalue weighted by molar-refractivity contribution is -0.127. The quantitative estimate of drug-likeness (QED) is 0.600. The van der Waals surface area contributed by atoms with Crippen LogP contribution in [0.25, 0.3) is 0 Å². The molecule has 5 nitrogen and oxygen atoms in total. The second-order valence-corrected chi connectivity index (χ2v) is 8.25. The number of hydrogen-bond acceptors (Lipinski definition) is 2. The van der Waals surface area contributed by atoms with Crippen molar-refractivity contribution in [3.05, 3.63) is 0 Å². The monoisotopic (exact) mass is 320 g/mol. The number of likely N-dealkylation sites (N-methyl/N-ethyl adjacent to an activating group) is 1. The van der Waals surface area contributed by atoms with Gasteiger partial charge in [0.25, 0.3) is 0 Å². The smallest absolute Gasteiger partial charge is 0.243 e. The highest BCUT2D eigenvalue weighted by Gasteiger charge is 2.50. The molecule has 0 aromatic heterocycles. The second-order valence-electron chi connectivity index (χ2n) is 8.25. The molecule has 1 amide bonds. The number of nitrogens with zero attached hydrogens (tertiary/aromatic N) is 2. The lowest BCUT2D eigenvalue weighted by Gasteiger charge is -2.57. The summed E-state index contributed by atoms with van der Waals surface area (Å²) in [6, 6.07) is 0. The van der Waals surface area contributed by atoms with Crippen molar-refractivity contribution in [1.29, 1.82) is 0 Å². The highest BCUT2D eigenvalue weighted by Crippen LogP contribution is 2.59. The third-order valence-electron chi connectivity index (χ3n) is 6.01. The minimum Gasteiger partial charge on any atom is -0.357 e. The lowest BCUT2D eigenvalue weighted by atomic mass is 9.49. The summed E-state index contributed by atoms with van der Waals surface area (Å²) in [5.74, 6) is 3.74. The Morgan fingerprint density at radius 3 is 2.13 bits per heavy atom. The van der Waals surface area contributed by atoms with E-state index in [0.717, 1.165) is 36.8 Å². The van der Waals surface area contributed by atoms with Crippen molar-refractivity contribution in [1.82, 2.24) is 15.5 Å². The van der Waals surface area contributed by atoms with E-state index in [1.54, 1.807) is 19.0 Å². The fraction of sp³-hybridized carbons (Fsp3) is 0.889. The van der Waals surface area contributed by atoms with Gasteiger partial charge in [-0.1, -0.05) is 0 Å². The first-order valence-electron chi connectivity index (χ1n) is 9.22. The zero-order chi connectivity index (χ0) is 16.4. The number of rotatable bonds is 5.